The molecule has 2 aromatic rings. The monoisotopic (exact) mass is 272 g/mol. The first-order chi connectivity index (χ1) is 9.72. The molecule has 3 saturated heterocycles. The van der Waals surface area contributed by atoms with E-state index in [2.05, 4.69) is 15.2 Å². The zero-order valence-electron chi connectivity index (χ0n) is 11.1. The van der Waals surface area contributed by atoms with Crippen molar-refractivity contribution in [3.05, 3.63) is 23.8 Å². The molecule has 0 spiro atoms. The Morgan fingerprint density at radius 3 is 2.75 bits per heavy atom. The molecule has 0 saturated carbocycles. The van der Waals surface area contributed by atoms with Crippen molar-refractivity contribution in [2.75, 3.05) is 19.6 Å². The van der Waals surface area contributed by atoms with Crippen molar-refractivity contribution in [2.45, 2.75) is 18.9 Å². The third-order valence-electron chi connectivity index (χ3n) is 4.65. The minimum atomic E-state index is -0.927. The van der Waals surface area contributed by atoms with Crippen molar-refractivity contribution in [1.29, 1.82) is 0 Å². The van der Waals surface area contributed by atoms with Gasteiger partial charge in [0.2, 0.25) is 0 Å². The number of aromatic nitrogens is 3. The number of aromatic carboxylic acids is 1. The van der Waals surface area contributed by atoms with Gasteiger partial charge in [0.05, 0.1) is 17.1 Å². The summed E-state index contributed by atoms with van der Waals surface area (Å²) in [7, 11) is 0. The summed E-state index contributed by atoms with van der Waals surface area (Å²) < 4.78 is 2.00. The molecule has 3 aliphatic rings. The third kappa shape index (κ3) is 1.71. The number of piperidine rings is 3. The van der Waals surface area contributed by atoms with Gasteiger partial charge in [0.25, 0.3) is 0 Å². The number of carboxylic acids is 1. The van der Waals surface area contributed by atoms with E-state index >= 15 is 0 Å². The quantitative estimate of drug-likeness (QED) is 0.894. The molecular formula is C14H16N4O2. The minimum absolute atomic E-state index is 0.262. The molecule has 0 amide bonds. The number of nitrogens with zero attached hydrogens (tertiary/aromatic N) is 4. The van der Waals surface area contributed by atoms with Crippen LogP contribution in [0.15, 0.2) is 18.2 Å². The Morgan fingerprint density at radius 2 is 2.10 bits per heavy atom. The van der Waals surface area contributed by atoms with Gasteiger partial charge in [-0.1, -0.05) is 5.21 Å². The van der Waals surface area contributed by atoms with E-state index in [1.165, 1.54) is 25.9 Å². The molecule has 2 bridgehead atoms. The van der Waals surface area contributed by atoms with Crippen LogP contribution >= 0.6 is 0 Å². The highest BCUT2D eigenvalue weighted by molar-refractivity contribution is 5.92. The third-order valence-corrected chi connectivity index (χ3v) is 4.65. The van der Waals surface area contributed by atoms with E-state index in [-0.39, 0.29) is 5.56 Å². The zero-order chi connectivity index (χ0) is 13.7. The molecule has 1 N–H and O–H groups in total. The lowest BCUT2D eigenvalue weighted by molar-refractivity contribution is 0.0524. The van der Waals surface area contributed by atoms with Gasteiger partial charge < -0.3 is 10.0 Å². The molecule has 5 rings (SSSR count). The van der Waals surface area contributed by atoms with Gasteiger partial charge in [-0.3, -0.25) is 0 Å². The summed E-state index contributed by atoms with van der Waals surface area (Å²) in [5.74, 6) is -0.256. The van der Waals surface area contributed by atoms with Gasteiger partial charge in [-0.05, 0) is 50.0 Å². The molecule has 1 aromatic carbocycles. The summed E-state index contributed by atoms with van der Waals surface area (Å²) >= 11 is 0. The zero-order valence-corrected chi connectivity index (χ0v) is 11.1. The maximum Gasteiger partial charge on any atom is 0.335 e. The molecule has 104 valence electrons. The van der Waals surface area contributed by atoms with Crippen molar-refractivity contribution in [3.63, 3.8) is 0 Å². The fourth-order valence-corrected chi connectivity index (χ4v) is 3.53. The van der Waals surface area contributed by atoms with Gasteiger partial charge in [0.1, 0.15) is 5.52 Å². The number of fused-ring (bicyclic) bond motifs is 4. The predicted molar refractivity (Wildman–Crippen MR) is 72.7 cm³/mol. The topological polar surface area (TPSA) is 71.2 Å². The maximum atomic E-state index is 11.0. The molecule has 20 heavy (non-hydrogen) atoms. The Balaban J connectivity index is 1.75. The van der Waals surface area contributed by atoms with Crippen LogP contribution in [-0.4, -0.2) is 50.6 Å². The maximum absolute atomic E-state index is 11.0. The largest absolute Gasteiger partial charge is 0.478 e. The summed E-state index contributed by atoms with van der Waals surface area (Å²) in [4.78, 5) is 13.5. The van der Waals surface area contributed by atoms with Gasteiger partial charge in [0, 0.05) is 6.54 Å². The number of benzene rings is 1. The van der Waals surface area contributed by atoms with E-state index < -0.39 is 5.97 Å². The lowest BCUT2D eigenvalue weighted by Gasteiger charge is -2.44. The molecule has 1 unspecified atom stereocenters. The second kappa shape index (κ2) is 4.28. The van der Waals surface area contributed by atoms with Crippen molar-refractivity contribution in [1.82, 2.24) is 19.9 Å². The SMILES string of the molecule is O=C(O)c1ccc2c(c1)nnn2C1CN2CCC1CC2. The van der Waals surface area contributed by atoms with Crippen LogP contribution in [0.2, 0.25) is 0 Å². The molecule has 3 aliphatic heterocycles. The first-order valence-corrected chi connectivity index (χ1v) is 7.03. The normalized spacial score (nSPS) is 28.9. The lowest BCUT2D eigenvalue weighted by Crippen LogP contribution is -2.48. The van der Waals surface area contributed by atoms with E-state index in [0.29, 0.717) is 17.5 Å². The first-order valence-electron chi connectivity index (χ1n) is 7.03. The van der Waals surface area contributed by atoms with Gasteiger partial charge in [0.15, 0.2) is 0 Å². The van der Waals surface area contributed by atoms with E-state index in [9.17, 15) is 4.79 Å². The van der Waals surface area contributed by atoms with Crippen LogP contribution in [0, 0.1) is 5.92 Å². The van der Waals surface area contributed by atoms with Crippen LogP contribution in [0.25, 0.3) is 11.0 Å². The van der Waals surface area contributed by atoms with E-state index in [1.807, 2.05) is 10.7 Å². The fourth-order valence-electron chi connectivity index (χ4n) is 3.53. The van der Waals surface area contributed by atoms with Gasteiger partial charge >= 0.3 is 5.97 Å². The second-order valence-corrected chi connectivity index (χ2v) is 5.75. The van der Waals surface area contributed by atoms with Crippen LogP contribution in [0.4, 0.5) is 0 Å². The first kappa shape index (κ1) is 11.8. The van der Waals surface area contributed by atoms with Crippen LogP contribution in [0.5, 0.6) is 0 Å². The van der Waals surface area contributed by atoms with Gasteiger partial charge in [-0.25, -0.2) is 9.48 Å². The summed E-state index contributed by atoms with van der Waals surface area (Å²) in [5, 5.41) is 17.5. The Labute approximate surface area is 116 Å². The van der Waals surface area contributed by atoms with Crippen molar-refractivity contribution in [2.24, 2.45) is 5.92 Å². The van der Waals surface area contributed by atoms with E-state index in [0.717, 1.165) is 12.1 Å². The highest BCUT2D eigenvalue weighted by Gasteiger charge is 2.36. The van der Waals surface area contributed by atoms with Crippen molar-refractivity contribution < 1.29 is 9.90 Å². The summed E-state index contributed by atoms with van der Waals surface area (Å²) in [6.07, 6.45) is 2.44. The Bertz CT molecular complexity index is 673. The highest BCUT2D eigenvalue weighted by atomic mass is 16.4. The smallest absolute Gasteiger partial charge is 0.335 e. The Kier molecular flexibility index (Phi) is 2.53. The van der Waals surface area contributed by atoms with Crippen LogP contribution in [0.1, 0.15) is 29.2 Å². The molecule has 1 aromatic heterocycles. The van der Waals surface area contributed by atoms with Crippen molar-refractivity contribution in [3.8, 4) is 0 Å². The summed E-state index contributed by atoms with van der Waals surface area (Å²) in [6.45, 7) is 3.41. The highest BCUT2D eigenvalue weighted by Crippen LogP contribution is 2.36. The number of rotatable bonds is 2. The lowest BCUT2D eigenvalue weighted by atomic mass is 9.84. The number of hydrogen-bond acceptors (Lipinski definition) is 4. The number of carboxylic acid groups (broad SMARTS) is 1. The number of hydrogen-bond donors (Lipinski definition) is 1. The van der Waals surface area contributed by atoms with E-state index in [4.69, 9.17) is 5.11 Å². The Hall–Kier alpha value is -1.95. The minimum Gasteiger partial charge on any atom is -0.478 e. The Morgan fingerprint density at radius 1 is 1.30 bits per heavy atom. The standard InChI is InChI=1S/C14H16N4O2/c19-14(20)10-1-2-12-11(7-10)15-16-18(12)13-8-17-5-3-9(13)4-6-17/h1-2,7,9,13H,3-6,8H2,(H,19,20). The molecule has 0 aliphatic carbocycles. The summed E-state index contributed by atoms with van der Waals surface area (Å²) in [5.41, 5.74) is 1.87. The van der Waals surface area contributed by atoms with E-state index in [1.54, 1.807) is 12.1 Å². The predicted octanol–water partition coefficient (Wildman–Crippen LogP) is 1.40. The molecule has 6 nitrogen and oxygen atoms in total. The molecule has 3 fully saturated rings. The summed E-state index contributed by atoms with van der Waals surface area (Å²) in [6, 6.07) is 5.43. The fraction of sp³-hybridized carbons (Fsp3) is 0.500. The molecule has 4 heterocycles. The van der Waals surface area contributed by atoms with Crippen LogP contribution in [0.3, 0.4) is 0 Å². The second-order valence-electron chi connectivity index (χ2n) is 5.75. The molecular weight excluding hydrogens is 256 g/mol. The molecule has 0 radical (unpaired) electrons. The molecule has 6 heteroatoms. The van der Waals surface area contributed by atoms with Crippen LogP contribution < -0.4 is 0 Å². The van der Waals surface area contributed by atoms with Gasteiger partial charge in [-0.15, -0.1) is 5.10 Å². The number of carbonyl (C=O) groups is 1. The van der Waals surface area contributed by atoms with Crippen LogP contribution in [-0.2, 0) is 0 Å². The van der Waals surface area contributed by atoms with Crippen molar-refractivity contribution >= 4 is 17.0 Å². The average Bonchev–Trinajstić information content (AvgIpc) is 2.91. The van der Waals surface area contributed by atoms with Gasteiger partial charge in [-0.2, -0.15) is 0 Å². The molecule has 1 atom stereocenters. The average molecular weight is 272 g/mol.